The van der Waals surface area contributed by atoms with Crippen molar-refractivity contribution in [3.8, 4) is 0 Å². The Morgan fingerprint density at radius 2 is 2.14 bits per heavy atom. The Morgan fingerprint density at radius 1 is 1.33 bits per heavy atom. The van der Waals surface area contributed by atoms with Gasteiger partial charge in [0.25, 0.3) is 0 Å². The topological polar surface area (TPSA) is 42.7 Å². The van der Waals surface area contributed by atoms with Crippen molar-refractivity contribution in [2.75, 3.05) is 6.54 Å². The van der Waals surface area contributed by atoms with Crippen LogP contribution in [0.3, 0.4) is 0 Å². The maximum atomic E-state index is 6.43. The molecule has 1 N–H and O–H groups in total. The van der Waals surface area contributed by atoms with Crippen LogP contribution in [0.15, 0.2) is 28.9 Å². The summed E-state index contributed by atoms with van der Waals surface area (Å²) in [5, 5.41) is 12.5. The van der Waals surface area contributed by atoms with Crippen LogP contribution < -0.4 is 5.32 Å². The average Bonchev–Trinajstić information content (AvgIpc) is 2.90. The lowest BCUT2D eigenvalue weighted by atomic mass is 10.0. The monoisotopic (exact) mass is 370 g/mol. The molecule has 0 spiro atoms. The van der Waals surface area contributed by atoms with Crippen LogP contribution in [0.2, 0.25) is 5.02 Å². The van der Waals surface area contributed by atoms with E-state index in [1.807, 2.05) is 29.1 Å². The second-order valence-electron chi connectivity index (χ2n) is 4.93. The van der Waals surface area contributed by atoms with Gasteiger partial charge in [-0.1, -0.05) is 52.7 Å². The van der Waals surface area contributed by atoms with Gasteiger partial charge in [0.05, 0.1) is 17.9 Å². The lowest BCUT2D eigenvalue weighted by Gasteiger charge is -2.21. The maximum Gasteiger partial charge on any atom is 0.0802 e. The minimum Gasteiger partial charge on any atom is -0.305 e. The van der Waals surface area contributed by atoms with Crippen LogP contribution in [0, 0.1) is 0 Å². The first-order valence-corrected chi connectivity index (χ1v) is 8.41. The van der Waals surface area contributed by atoms with E-state index in [1.165, 1.54) is 0 Å². The van der Waals surface area contributed by atoms with E-state index >= 15 is 0 Å². The van der Waals surface area contributed by atoms with Crippen molar-refractivity contribution >= 4 is 27.5 Å². The summed E-state index contributed by atoms with van der Waals surface area (Å²) in [6.07, 6.45) is 3.90. The number of aromatic nitrogens is 3. The number of aryl methyl sites for hydroxylation is 1. The molecule has 0 bridgehead atoms. The predicted molar refractivity (Wildman–Crippen MR) is 89.6 cm³/mol. The zero-order chi connectivity index (χ0) is 15.2. The molecule has 1 atom stereocenters. The number of hydrogen-bond acceptors (Lipinski definition) is 3. The standard InChI is InChI=1S/C15H20BrClN4/c1-3-7-18-15(12-6-5-11(16)9-13(12)17)14-10-19-20-21(14)8-4-2/h5-6,9-10,15,18H,3-4,7-8H2,1-2H3. The van der Waals surface area contributed by atoms with Crippen molar-refractivity contribution < 1.29 is 0 Å². The number of halogens is 2. The molecular weight excluding hydrogens is 352 g/mol. The highest BCUT2D eigenvalue weighted by molar-refractivity contribution is 9.10. The summed E-state index contributed by atoms with van der Waals surface area (Å²) in [5.41, 5.74) is 2.10. The van der Waals surface area contributed by atoms with Gasteiger partial charge in [0.1, 0.15) is 0 Å². The Morgan fingerprint density at radius 3 is 2.81 bits per heavy atom. The summed E-state index contributed by atoms with van der Waals surface area (Å²) >= 11 is 9.88. The molecule has 1 heterocycles. The fourth-order valence-corrected chi connectivity index (χ4v) is 3.06. The van der Waals surface area contributed by atoms with E-state index in [0.717, 1.165) is 46.7 Å². The second kappa shape index (κ2) is 7.92. The fraction of sp³-hybridized carbons (Fsp3) is 0.467. The van der Waals surface area contributed by atoms with Gasteiger partial charge in [0.2, 0.25) is 0 Å². The minimum absolute atomic E-state index is 0.00657. The van der Waals surface area contributed by atoms with E-state index in [2.05, 4.69) is 45.4 Å². The van der Waals surface area contributed by atoms with Crippen LogP contribution in [-0.4, -0.2) is 21.5 Å². The molecule has 2 rings (SSSR count). The summed E-state index contributed by atoms with van der Waals surface area (Å²) in [6.45, 7) is 6.05. The molecule has 6 heteroatoms. The van der Waals surface area contributed by atoms with Crippen molar-refractivity contribution in [1.29, 1.82) is 0 Å². The van der Waals surface area contributed by atoms with Gasteiger partial charge in [0, 0.05) is 16.0 Å². The highest BCUT2D eigenvalue weighted by Crippen LogP contribution is 2.30. The van der Waals surface area contributed by atoms with Gasteiger partial charge in [-0.05, 0) is 37.1 Å². The van der Waals surface area contributed by atoms with E-state index in [1.54, 1.807) is 0 Å². The van der Waals surface area contributed by atoms with Crippen molar-refractivity contribution in [1.82, 2.24) is 20.3 Å². The highest BCUT2D eigenvalue weighted by Gasteiger charge is 2.20. The largest absolute Gasteiger partial charge is 0.305 e. The second-order valence-corrected chi connectivity index (χ2v) is 6.26. The molecule has 0 radical (unpaired) electrons. The molecule has 1 aromatic carbocycles. The van der Waals surface area contributed by atoms with Gasteiger partial charge in [0.15, 0.2) is 0 Å². The summed E-state index contributed by atoms with van der Waals surface area (Å²) in [6, 6.07) is 5.98. The first-order chi connectivity index (χ1) is 10.2. The molecule has 0 aliphatic heterocycles. The first-order valence-electron chi connectivity index (χ1n) is 7.24. The normalized spacial score (nSPS) is 12.6. The van der Waals surface area contributed by atoms with Crippen LogP contribution in [0.1, 0.15) is 44.0 Å². The van der Waals surface area contributed by atoms with Gasteiger partial charge in [-0.2, -0.15) is 0 Å². The average molecular weight is 372 g/mol. The number of hydrogen-bond donors (Lipinski definition) is 1. The molecule has 1 unspecified atom stereocenters. The van der Waals surface area contributed by atoms with Crippen molar-refractivity contribution in [2.45, 2.75) is 39.3 Å². The summed E-state index contributed by atoms with van der Waals surface area (Å²) in [5.74, 6) is 0. The summed E-state index contributed by atoms with van der Waals surface area (Å²) < 4.78 is 2.93. The molecule has 2 aromatic rings. The molecule has 0 aliphatic carbocycles. The molecule has 0 saturated heterocycles. The Labute approximate surface area is 139 Å². The van der Waals surface area contributed by atoms with Crippen LogP contribution in [0.5, 0.6) is 0 Å². The number of benzene rings is 1. The van der Waals surface area contributed by atoms with E-state index in [4.69, 9.17) is 11.6 Å². The minimum atomic E-state index is 0.00657. The van der Waals surface area contributed by atoms with Crippen molar-refractivity contribution in [2.24, 2.45) is 0 Å². The fourth-order valence-electron chi connectivity index (χ4n) is 2.27. The third-order valence-electron chi connectivity index (χ3n) is 3.25. The van der Waals surface area contributed by atoms with Gasteiger partial charge < -0.3 is 5.32 Å². The molecule has 21 heavy (non-hydrogen) atoms. The van der Waals surface area contributed by atoms with Gasteiger partial charge in [-0.15, -0.1) is 5.10 Å². The first kappa shape index (κ1) is 16.5. The lowest BCUT2D eigenvalue weighted by Crippen LogP contribution is -2.26. The third-order valence-corrected chi connectivity index (χ3v) is 4.07. The molecule has 0 aliphatic rings. The van der Waals surface area contributed by atoms with Crippen LogP contribution >= 0.6 is 27.5 Å². The van der Waals surface area contributed by atoms with Crippen LogP contribution in [0.25, 0.3) is 0 Å². The van der Waals surface area contributed by atoms with E-state index in [9.17, 15) is 0 Å². The molecule has 114 valence electrons. The quantitative estimate of drug-likeness (QED) is 0.793. The summed E-state index contributed by atoms with van der Waals surface area (Å²) in [4.78, 5) is 0. The molecule has 4 nitrogen and oxygen atoms in total. The molecule has 0 saturated carbocycles. The molecule has 1 aromatic heterocycles. The van der Waals surface area contributed by atoms with Gasteiger partial charge >= 0.3 is 0 Å². The number of nitrogens with zero attached hydrogens (tertiary/aromatic N) is 3. The SMILES string of the molecule is CCCNC(c1ccc(Br)cc1Cl)c1cnnn1CCC. The number of nitrogens with one attached hydrogen (secondary N) is 1. The Kier molecular flexibility index (Phi) is 6.21. The van der Waals surface area contributed by atoms with Gasteiger partial charge in [-0.25, -0.2) is 4.68 Å². The van der Waals surface area contributed by atoms with E-state index < -0.39 is 0 Å². The van der Waals surface area contributed by atoms with E-state index in [-0.39, 0.29) is 6.04 Å². The number of rotatable bonds is 7. The predicted octanol–water partition coefficient (Wildman–Crippen LogP) is 4.19. The maximum absolute atomic E-state index is 6.43. The Hall–Kier alpha value is -0.910. The van der Waals surface area contributed by atoms with Crippen LogP contribution in [0.4, 0.5) is 0 Å². The zero-order valence-electron chi connectivity index (χ0n) is 12.3. The third kappa shape index (κ3) is 4.05. The molecule has 0 amide bonds. The smallest absolute Gasteiger partial charge is 0.0802 e. The van der Waals surface area contributed by atoms with Crippen molar-refractivity contribution in [3.63, 3.8) is 0 Å². The zero-order valence-corrected chi connectivity index (χ0v) is 14.7. The Bertz CT molecular complexity index is 585. The Balaban J connectivity index is 2.39. The lowest BCUT2D eigenvalue weighted by molar-refractivity contribution is 0.504. The molecule has 0 fully saturated rings. The van der Waals surface area contributed by atoms with Gasteiger partial charge in [-0.3, -0.25) is 0 Å². The summed E-state index contributed by atoms with van der Waals surface area (Å²) in [7, 11) is 0. The van der Waals surface area contributed by atoms with Crippen LogP contribution in [-0.2, 0) is 6.54 Å². The van der Waals surface area contributed by atoms with E-state index in [0.29, 0.717) is 0 Å². The molecular formula is C15H20BrClN4. The van der Waals surface area contributed by atoms with Crippen molar-refractivity contribution in [3.05, 3.63) is 45.1 Å². The highest BCUT2D eigenvalue weighted by atomic mass is 79.9.